The van der Waals surface area contributed by atoms with Crippen molar-refractivity contribution < 1.29 is 27.8 Å². The number of ether oxygens (including phenoxy) is 2. The molecule has 1 unspecified atom stereocenters. The molecule has 2 N–H and O–H groups in total. The molecule has 0 radical (unpaired) electrons. The van der Waals surface area contributed by atoms with Gasteiger partial charge in [-0.1, -0.05) is 42.5 Å². The highest BCUT2D eigenvalue weighted by Gasteiger charge is 2.43. The van der Waals surface area contributed by atoms with Crippen molar-refractivity contribution in [2.45, 2.75) is 56.4 Å². The van der Waals surface area contributed by atoms with Gasteiger partial charge >= 0.3 is 0 Å². The van der Waals surface area contributed by atoms with Gasteiger partial charge in [0.2, 0.25) is 10.0 Å². The number of piperazine rings is 1. The molecule has 2 aliphatic rings. The van der Waals surface area contributed by atoms with E-state index in [2.05, 4.69) is 50.8 Å². The third kappa shape index (κ3) is 7.08. The van der Waals surface area contributed by atoms with E-state index >= 15 is 0 Å². The maximum Gasteiger partial charge on any atom is 0.257 e. The van der Waals surface area contributed by atoms with Crippen LogP contribution >= 0.6 is 0 Å². The Morgan fingerprint density at radius 2 is 1.70 bits per heavy atom. The predicted octanol–water partition coefficient (Wildman–Crippen LogP) is 4.75. The van der Waals surface area contributed by atoms with Crippen LogP contribution in [-0.4, -0.2) is 86.0 Å². The summed E-state index contributed by atoms with van der Waals surface area (Å²) in [5.74, 6) is 0.749. The van der Waals surface area contributed by atoms with Gasteiger partial charge in [-0.15, -0.1) is 0 Å². The van der Waals surface area contributed by atoms with Crippen LogP contribution in [0.2, 0.25) is 0 Å². The Kier molecular flexibility index (Phi) is 10.8. The highest BCUT2D eigenvalue weighted by molar-refractivity contribution is 7.89. The van der Waals surface area contributed by atoms with E-state index in [1.165, 1.54) is 22.9 Å². The first-order chi connectivity index (χ1) is 24.2. The number of aryl methyl sites for hydroxylation is 1. The summed E-state index contributed by atoms with van der Waals surface area (Å²) in [5, 5.41) is 16.1. The van der Waals surface area contributed by atoms with Gasteiger partial charge in [0.15, 0.2) is 17.7 Å². The lowest BCUT2D eigenvalue weighted by atomic mass is 9.99. The van der Waals surface area contributed by atoms with Crippen molar-refractivity contribution in [1.82, 2.24) is 24.3 Å². The summed E-state index contributed by atoms with van der Waals surface area (Å²) >= 11 is 0. The smallest absolute Gasteiger partial charge is 0.257 e. The molecule has 0 spiro atoms. The highest BCUT2D eigenvalue weighted by atomic mass is 32.2. The predicted molar refractivity (Wildman–Crippen MR) is 191 cm³/mol. The summed E-state index contributed by atoms with van der Waals surface area (Å²) in [6.07, 6.45) is 2.38. The van der Waals surface area contributed by atoms with Crippen LogP contribution in [0.25, 0.3) is 0 Å². The molecule has 3 atom stereocenters. The number of benzene rings is 3. The molecule has 0 saturated carbocycles. The van der Waals surface area contributed by atoms with Gasteiger partial charge in [0.05, 0.1) is 26.5 Å². The van der Waals surface area contributed by atoms with Crippen molar-refractivity contribution in [2.24, 2.45) is 0 Å². The molecule has 4 aromatic rings. The maximum absolute atomic E-state index is 14.2. The van der Waals surface area contributed by atoms with E-state index in [9.17, 15) is 18.3 Å². The Morgan fingerprint density at radius 3 is 2.38 bits per heavy atom. The van der Waals surface area contributed by atoms with Crippen LogP contribution in [-0.2, 0) is 16.6 Å². The van der Waals surface area contributed by atoms with Gasteiger partial charge in [-0.25, -0.2) is 13.1 Å². The molecule has 1 fully saturated rings. The number of nitrogens with one attached hydrogen (secondary N) is 1. The molecule has 6 rings (SSSR count). The van der Waals surface area contributed by atoms with Crippen molar-refractivity contribution >= 4 is 21.6 Å². The fourth-order valence-corrected chi connectivity index (χ4v) is 8.07. The second-order valence-electron chi connectivity index (χ2n) is 12.6. The van der Waals surface area contributed by atoms with Crippen LogP contribution in [0.4, 0.5) is 5.69 Å². The average molecular weight is 703 g/mol. The monoisotopic (exact) mass is 702 g/mol. The number of hydrogen-bond acceptors (Lipinski definition) is 9. The second kappa shape index (κ2) is 15.2. The topological polar surface area (TPSA) is 129 Å². The van der Waals surface area contributed by atoms with Gasteiger partial charge < -0.3 is 24.4 Å². The van der Waals surface area contributed by atoms with Crippen LogP contribution in [0.1, 0.15) is 72.0 Å². The molecule has 2 aliphatic heterocycles. The molecule has 3 heterocycles. The minimum absolute atomic E-state index is 0.0965. The molecule has 1 saturated heterocycles. The molecular formula is C37H46N6O6S. The number of carbonyl (C=O) groups is 1. The normalized spacial score (nSPS) is 17.9. The summed E-state index contributed by atoms with van der Waals surface area (Å²) in [5.41, 5.74) is 3.93. The average Bonchev–Trinajstić information content (AvgIpc) is 3.75. The van der Waals surface area contributed by atoms with Crippen molar-refractivity contribution in [3.63, 3.8) is 0 Å². The first-order valence-electron chi connectivity index (χ1n) is 17.1. The Hall–Kier alpha value is -4.43. The number of anilines is 1. The van der Waals surface area contributed by atoms with Gasteiger partial charge in [0.1, 0.15) is 4.90 Å². The zero-order valence-electron chi connectivity index (χ0n) is 29.0. The number of aliphatic hydroxyl groups is 1. The molecule has 12 nitrogen and oxygen atoms in total. The van der Waals surface area contributed by atoms with E-state index in [0.717, 1.165) is 37.4 Å². The van der Waals surface area contributed by atoms with Crippen molar-refractivity contribution in [1.29, 1.82) is 0 Å². The van der Waals surface area contributed by atoms with E-state index in [0.29, 0.717) is 42.0 Å². The number of nitrogens with zero attached hydrogens (tertiary/aromatic N) is 5. The van der Waals surface area contributed by atoms with Crippen LogP contribution in [0.3, 0.4) is 0 Å². The lowest BCUT2D eigenvalue weighted by Crippen LogP contribution is -2.47. The largest absolute Gasteiger partial charge is 0.493 e. The molecule has 0 aliphatic carbocycles. The first kappa shape index (κ1) is 35.4. The zero-order chi connectivity index (χ0) is 35.4. The van der Waals surface area contributed by atoms with E-state index in [-0.39, 0.29) is 23.4 Å². The van der Waals surface area contributed by atoms with Crippen LogP contribution in [0.15, 0.2) is 84.0 Å². The second-order valence-corrected chi connectivity index (χ2v) is 14.4. The number of hydrogen-bond donors (Lipinski definition) is 2. The standard InChI is InChI=1S/C37H46N6O6S/c1-5-42-25-29(24-38-42)50(46,47)39-18-10-15-31(28-16-17-33(48-3)34(23-28)49-4)43-36(44)30-13-9-14-32(35(30)37(43)45)41-21-19-40(20-22-41)26(2)27-11-7-6-8-12-27/h6-9,11-14,16-17,23-26,31,37,39,45H,5,10,15,18-22H2,1-4H3/t26-,31-,37?/m1/s1. The van der Waals surface area contributed by atoms with Crippen molar-refractivity contribution in [3.8, 4) is 11.5 Å². The van der Waals surface area contributed by atoms with Crippen LogP contribution in [0.5, 0.6) is 11.5 Å². The van der Waals surface area contributed by atoms with E-state index in [4.69, 9.17) is 9.47 Å². The minimum Gasteiger partial charge on any atom is -0.493 e. The fourth-order valence-electron chi connectivity index (χ4n) is 7.05. The SMILES string of the molecule is CCn1cc(S(=O)(=O)NCCC[C@H](c2ccc(OC)c(OC)c2)N2C(=O)c3cccc(N4CCN([C@H](C)c5ccccc5)CC4)c3C2O)cn1. The Labute approximate surface area is 294 Å². The van der Waals surface area contributed by atoms with Gasteiger partial charge in [-0.05, 0) is 62.1 Å². The van der Waals surface area contributed by atoms with Gasteiger partial charge in [-0.2, -0.15) is 5.10 Å². The molecule has 3 aromatic carbocycles. The summed E-state index contributed by atoms with van der Waals surface area (Å²) < 4.78 is 41.2. The number of fused-ring (bicyclic) bond motifs is 1. The van der Waals surface area contributed by atoms with Crippen molar-refractivity contribution in [3.05, 3.63) is 101 Å². The van der Waals surface area contributed by atoms with Gasteiger partial charge in [0.25, 0.3) is 5.91 Å². The zero-order valence-corrected chi connectivity index (χ0v) is 29.8. The van der Waals surface area contributed by atoms with Crippen LogP contribution < -0.4 is 19.1 Å². The lowest BCUT2D eigenvalue weighted by molar-refractivity contribution is -0.00596. The number of methoxy groups -OCH3 is 2. The van der Waals surface area contributed by atoms with E-state index in [1.807, 2.05) is 37.3 Å². The number of sulfonamides is 1. The number of aromatic nitrogens is 2. The number of carbonyl (C=O) groups excluding carboxylic acids is 1. The molecule has 13 heteroatoms. The quantitative estimate of drug-likeness (QED) is 0.179. The van der Waals surface area contributed by atoms with Crippen molar-refractivity contribution in [2.75, 3.05) is 51.8 Å². The Bertz CT molecular complexity index is 1890. The molecule has 1 amide bonds. The third-order valence-corrected chi connectivity index (χ3v) is 11.3. The summed E-state index contributed by atoms with van der Waals surface area (Å²) in [4.78, 5) is 20.5. The number of rotatable bonds is 14. The summed E-state index contributed by atoms with van der Waals surface area (Å²) in [7, 11) is -0.667. The Morgan fingerprint density at radius 1 is 0.960 bits per heavy atom. The van der Waals surface area contributed by atoms with Gasteiger partial charge in [0, 0.05) is 68.3 Å². The number of amides is 1. The fraction of sp³-hybridized carbons (Fsp3) is 0.405. The summed E-state index contributed by atoms with van der Waals surface area (Å²) in [6, 6.07) is 21.2. The minimum atomic E-state index is -3.77. The molecule has 0 bridgehead atoms. The van der Waals surface area contributed by atoms with E-state index in [1.54, 1.807) is 31.0 Å². The van der Waals surface area contributed by atoms with Gasteiger partial charge in [-0.3, -0.25) is 14.4 Å². The third-order valence-electron chi connectivity index (χ3n) is 9.87. The molecular weight excluding hydrogens is 657 g/mol. The maximum atomic E-state index is 14.2. The molecule has 266 valence electrons. The first-order valence-corrected chi connectivity index (χ1v) is 18.6. The molecule has 1 aromatic heterocycles. The van der Waals surface area contributed by atoms with E-state index < -0.39 is 22.3 Å². The molecule has 50 heavy (non-hydrogen) atoms. The van der Waals surface area contributed by atoms with Crippen LogP contribution in [0, 0.1) is 0 Å². The summed E-state index contributed by atoms with van der Waals surface area (Å²) in [6.45, 7) is 8.00. The highest BCUT2D eigenvalue weighted by Crippen LogP contribution is 2.45. The Balaban J connectivity index is 1.22. The number of aliphatic hydroxyl groups excluding tert-OH is 1. The lowest BCUT2D eigenvalue weighted by Gasteiger charge is -2.40.